The number of aliphatic hydroxyl groups excluding tert-OH is 1. The molecule has 1 saturated carbocycles. The zero-order chi connectivity index (χ0) is 11.2. The molecule has 1 aliphatic carbocycles. The molecule has 3 N–H and O–H groups in total. The third-order valence-corrected chi connectivity index (χ3v) is 3.71. The van der Waals surface area contributed by atoms with Crippen molar-refractivity contribution < 1.29 is 14.6 Å². The summed E-state index contributed by atoms with van der Waals surface area (Å²) in [5, 5.41) is 9.35. The molecule has 2 unspecified atom stereocenters. The number of fused-ring (bicyclic) bond motifs is 1. The second-order valence-electron chi connectivity index (χ2n) is 4.59. The lowest BCUT2D eigenvalue weighted by Crippen LogP contribution is -2.21. The van der Waals surface area contributed by atoms with Gasteiger partial charge in [-0.05, 0) is 30.0 Å². The molecular weight excluding hydrogens is 206 g/mol. The van der Waals surface area contributed by atoms with Gasteiger partial charge in [0.05, 0.1) is 6.61 Å². The fourth-order valence-corrected chi connectivity index (χ4v) is 2.41. The number of hydrogen-bond acceptors (Lipinski definition) is 4. The summed E-state index contributed by atoms with van der Waals surface area (Å²) < 4.78 is 10.6. The van der Waals surface area contributed by atoms with E-state index in [1.165, 1.54) is 5.56 Å². The molecule has 1 aliphatic heterocycles. The second kappa shape index (κ2) is 3.37. The zero-order valence-corrected chi connectivity index (χ0v) is 8.98. The Kier molecular flexibility index (Phi) is 2.09. The molecule has 4 nitrogen and oxygen atoms in total. The van der Waals surface area contributed by atoms with Gasteiger partial charge in [0.1, 0.15) is 0 Å². The monoisotopic (exact) mass is 221 g/mol. The molecule has 4 heteroatoms. The normalized spacial score (nSPS) is 30.5. The highest BCUT2D eigenvalue weighted by molar-refractivity contribution is 5.47. The van der Waals surface area contributed by atoms with Crippen LogP contribution in [0.25, 0.3) is 0 Å². The van der Waals surface area contributed by atoms with Crippen molar-refractivity contribution >= 4 is 0 Å². The van der Waals surface area contributed by atoms with Gasteiger partial charge in [-0.1, -0.05) is 6.07 Å². The maximum atomic E-state index is 9.35. The average Bonchev–Trinajstić information content (AvgIpc) is 2.89. The number of benzene rings is 1. The van der Waals surface area contributed by atoms with Crippen LogP contribution in [-0.2, 0) is 0 Å². The predicted octanol–water partition coefficient (Wildman–Crippen LogP) is 0.840. The van der Waals surface area contributed by atoms with Gasteiger partial charge < -0.3 is 20.3 Å². The molecule has 0 aromatic heterocycles. The van der Waals surface area contributed by atoms with Gasteiger partial charge in [-0.25, -0.2) is 0 Å². The molecule has 1 aromatic rings. The van der Waals surface area contributed by atoms with E-state index in [-0.39, 0.29) is 12.0 Å². The molecular formula is C12H15NO3. The minimum atomic E-state index is -0.103. The topological polar surface area (TPSA) is 64.7 Å². The van der Waals surface area contributed by atoms with E-state index in [1.54, 1.807) is 0 Å². The van der Waals surface area contributed by atoms with Crippen LogP contribution in [0.1, 0.15) is 17.9 Å². The Bertz CT molecular complexity index is 415. The summed E-state index contributed by atoms with van der Waals surface area (Å²) in [4.78, 5) is 0. The van der Waals surface area contributed by atoms with Crippen molar-refractivity contribution in [2.45, 2.75) is 12.3 Å². The molecule has 2 atom stereocenters. The number of rotatable bonds is 3. The summed E-state index contributed by atoms with van der Waals surface area (Å²) in [7, 11) is 0. The standard InChI is InChI=1S/C12H15NO3/c13-5-12(6-14)4-9(12)8-1-2-10-11(3-8)16-7-15-10/h1-3,9,14H,4-7,13H2. The minimum absolute atomic E-state index is 0.103. The van der Waals surface area contributed by atoms with Crippen molar-refractivity contribution in [1.82, 2.24) is 0 Å². The number of nitrogens with two attached hydrogens (primary N) is 1. The summed E-state index contributed by atoms with van der Waals surface area (Å²) >= 11 is 0. The van der Waals surface area contributed by atoms with Crippen LogP contribution in [0, 0.1) is 5.41 Å². The highest BCUT2D eigenvalue weighted by atomic mass is 16.7. The highest BCUT2D eigenvalue weighted by Gasteiger charge is 2.53. The molecule has 0 bridgehead atoms. The fourth-order valence-electron chi connectivity index (χ4n) is 2.41. The molecule has 1 heterocycles. The smallest absolute Gasteiger partial charge is 0.231 e. The van der Waals surface area contributed by atoms with E-state index in [0.717, 1.165) is 17.9 Å². The molecule has 0 spiro atoms. The van der Waals surface area contributed by atoms with E-state index in [1.807, 2.05) is 18.2 Å². The van der Waals surface area contributed by atoms with E-state index >= 15 is 0 Å². The lowest BCUT2D eigenvalue weighted by Gasteiger charge is -2.11. The van der Waals surface area contributed by atoms with Crippen LogP contribution >= 0.6 is 0 Å². The molecule has 2 aliphatic rings. The first-order valence-corrected chi connectivity index (χ1v) is 5.49. The third kappa shape index (κ3) is 1.30. The molecule has 0 amide bonds. The molecule has 0 radical (unpaired) electrons. The molecule has 0 saturated heterocycles. The maximum Gasteiger partial charge on any atom is 0.231 e. The van der Waals surface area contributed by atoms with Gasteiger partial charge in [-0.2, -0.15) is 0 Å². The Morgan fingerprint density at radius 3 is 2.88 bits per heavy atom. The van der Waals surface area contributed by atoms with E-state index in [4.69, 9.17) is 15.2 Å². The van der Waals surface area contributed by atoms with Gasteiger partial charge in [0, 0.05) is 12.0 Å². The molecule has 1 aromatic carbocycles. The molecule has 16 heavy (non-hydrogen) atoms. The Labute approximate surface area is 94.0 Å². The van der Waals surface area contributed by atoms with Gasteiger partial charge >= 0.3 is 0 Å². The van der Waals surface area contributed by atoms with Gasteiger partial charge in [0.15, 0.2) is 11.5 Å². The molecule has 86 valence electrons. The minimum Gasteiger partial charge on any atom is -0.454 e. The largest absolute Gasteiger partial charge is 0.454 e. The van der Waals surface area contributed by atoms with Crippen LogP contribution < -0.4 is 15.2 Å². The average molecular weight is 221 g/mol. The maximum absolute atomic E-state index is 9.35. The number of aliphatic hydroxyl groups is 1. The summed E-state index contributed by atoms with van der Waals surface area (Å²) in [6, 6.07) is 5.96. The van der Waals surface area contributed by atoms with Gasteiger partial charge in [0.25, 0.3) is 0 Å². The summed E-state index contributed by atoms with van der Waals surface area (Å²) in [5.74, 6) is 1.96. The summed E-state index contributed by atoms with van der Waals surface area (Å²) in [5.41, 5.74) is 6.78. The predicted molar refractivity (Wildman–Crippen MR) is 58.5 cm³/mol. The first-order valence-electron chi connectivity index (χ1n) is 5.49. The van der Waals surface area contributed by atoms with Crippen LogP contribution in [0.15, 0.2) is 18.2 Å². The lowest BCUT2D eigenvalue weighted by molar-refractivity contribution is 0.174. The SMILES string of the molecule is NCC1(CO)CC1c1ccc2c(c1)OCO2. The lowest BCUT2D eigenvalue weighted by atomic mass is 10.00. The van der Waals surface area contributed by atoms with Crippen molar-refractivity contribution in [3.8, 4) is 11.5 Å². The van der Waals surface area contributed by atoms with Crippen molar-refractivity contribution in [2.75, 3.05) is 19.9 Å². The van der Waals surface area contributed by atoms with Crippen LogP contribution in [-0.4, -0.2) is 25.1 Å². The zero-order valence-electron chi connectivity index (χ0n) is 8.98. The van der Waals surface area contributed by atoms with Gasteiger partial charge in [-0.3, -0.25) is 0 Å². The van der Waals surface area contributed by atoms with Crippen LogP contribution in [0.4, 0.5) is 0 Å². The van der Waals surface area contributed by atoms with Crippen LogP contribution in [0.3, 0.4) is 0 Å². The van der Waals surface area contributed by atoms with E-state index in [2.05, 4.69) is 0 Å². The summed E-state index contributed by atoms with van der Waals surface area (Å²) in [6.45, 7) is 0.983. The third-order valence-electron chi connectivity index (χ3n) is 3.71. The Morgan fingerprint density at radius 1 is 1.38 bits per heavy atom. The Hall–Kier alpha value is -1.26. The van der Waals surface area contributed by atoms with E-state index in [9.17, 15) is 5.11 Å². The molecule has 1 fully saturated rings. The Balaban J connectivity index is 1.87. The van der Waals surface area contributed by atoms with Crippen molar-refractivity contribution in [3.05, 3.63) is 23.8 Å². The number of ether oxygens (including phenoxy) is 2. The van der Waals surface area contributed by atoms with Crippen molar-refractivity contribution in [1.29, 1.82) is 0 Å². The summed E-state index contributed by atoms with van der Waals surface area (Å²) in [6.07, 6.45) is 0.958. The van der Waals surface area contributed by atoms with E-state index < -0.39 is 0 Å². The second-order valence-corrected chi connectivity index (χ2v) is 4.59. The number of hydrogen-bond donors (Lipinski definition) is 2. The quantitative estimate of drug-likeness (QED) is 0.793. The fraction of sp³-hybridized carbons (Fsp3) is 0.500. The van der Waals surface area contributed by atoms with E-state index in [0.29, 0.717) is 19.3 Å². The molecule has 3 rings (SSSR count). The first kappa shape index (κ1) is 9.93. The van der Waals surface area contributed by atoms with Gasteiger partial charge in [-0.15, -0.1) is 0 Å². The van der Waals surface area contributed by atoms with Crippen molar-refractivity contribution in [3.63, 3.8) is 0 Å². The first-order chi connectivity index (χ1) is 7.79. The van der Waals surface area contributed by atoms with Crippen LogP contribution in [0.5, 0.6) is 11.5 Å². The Morgan fingerprint density at radius 2 is 2.19 bits per heavy atom. The highest BCUT2D eigenvalue weighted by Crippen LogP contribution is 2.59. The van der Waals surface area contributed by atoms with Crippen molar-refractivity contribution in [2.24, 2.45) is 11.1 Å². The van der Waals surface area contributed by atoms with Gasteiger partial charge in [0.2, 0.25) is 6.79 Å². The van der Waals surface area contributed by atoms with Crippen LogP contribution in [0.2, 0.25) is 0 Å².